The van der Waals surface area contributed by atoms with Crippen molar-refractivity contribution in [2.24, 2.45) is 11.8 Å². The van der Waals surface area contributed by atoms with Crippen LogP contribution in [-0.2, 0) is 19.1 Å². The third-order valence-electron chi connectivity index (χ3n) is 6.50. The van der Waals surface area contributed by atoms with Gasteiger partial charge in [-0.2, -0.15) is 0 Å². The van der Waals surface area contributed by atoms with Gasteiger partial charge >= 0.3 is 5.97 Å². The van der Waals surface area contributed by atoms with Crippen molar-refractivity contribution in [3.8, 4) is 0 Å². The van der Waals surface area contributed by atoms with Crippen molar-refractivity contribution >= 4 is 33.7 Å². The zero-order valence-electron chi connectivity index (χ0n) is 16.8. The number of alkyl halides is 1. The van der Waals surface area contributed by atoms with Crippen LogP contribution in [0, 0.1) is 11.8 Å². The normalized spacial score (nSPS) is 36.2. The second-order valence-corrected chi connectivity index (χ2v) is 9.35. The van der Waals surface area contributed by atoms with Crippen molar-refractivity contribution in [1.29, 1.82) is 0 Å². The summed E-state index contributed by atoms with van der Waals surface area (Å²) in [4.78, 5) is 41.7. The number of likely N-dealkylation sites (tertiary alicyclic amines) is 1. The molecule has 0 radical (unpaired) electrons. The first-order chi connectivity index (χ1) is 13.7. The van der Waals surface area contributed by atoms with Gasteiger partial charge in [-0.3, -0.25) is 14.4 Å². The van der Waals surface area contributed by atoms with Crippen LogP contribution in [0.25, 0.3) is 0 Å². The Morgan fingerprint density at radius 2 is 2.21 bits per heavy atom. The molecule has 3 heterocycles. The fourth-order valence-corrected chi connectivity index (χ4v) is 6.34. The van der Waals surface area contributed by atoms with Crippen LogP contribution >= 0.6 is 15.9 Å². The fourth-order valence-electron chi connectivity index (χ4n) is 5.40. The molecule has 2 unspecified atom stereocenters. The molecule has 3 fully saturated rings. The van der Waals surface area contributed by atoms with Gasteiger partial charge in [-0.1, -0.05) is 35.4 Å². The largest absolute Gasteiger partial charge is 0.481 e. The number of ether oxygens (including phenoxy) is 1. The zero-order chi connectivity index (χ0) is 21.5. The molecule has 7 atom stereocenters. The predicted molar refractivity (Wildman–Crippen MR) is 108 cm³/mol. The second-order valence-electron chi connectivity index (χ2n) is 8.17. The van der Waals surface area contributed by atoms with E-state index in [9.17, 15) is 24.6 Å². The number of hydrogen-bond acceptors (Lipinski definition) is 5. The molecule has 1 spiro atoms. The van der Waals surface area contributed by atoms with Crippen molar-refractivity contribution < 1.29 is 29.3 Å². The molecule has 8 nitrogen and oxygen atoms in total. The van der Waals surface area contributed by atoms with Crippen molar-refractivity contribution in [3.63, 3.8) is 0 Å². The number of rotatable bonds is 9. The Hall–Kier alpha value is -1.45. The van der Waals surface area contributed by atoms with E-state index in [1.54, 1.807) is 11.0 Å². The summed E-state index contributed by atoms with van der Waals surface area (Å²) in [6, 6.07) is -1.03. The quantitative estimate of drug-likeness (QED) is 0.383. The fraction of sp³-hybridized carbons (Fsp3) is 0.750. The maximum atomic E-state index is 13.8. The summed E-state index contributed by atoms with van der Waals surface area (Å²) in [5.41, 5.74) is -1.20. The number of amides is 2. The summed E-state index contributed by atoms with van der Waals surface area (Å²) in [7, 11) is 0. The first-order valence-corrected chi connectivity index (χ1v) is 11.0. The maximum Gasteiger partial charge on any atom is 0.310 e. The van der Waals surface area contributed by atoms with Crippen molar-refractivity contribution in [3.05, 3.63) is 12.7 Å². The molecule has 2 bridgehead atoms. The maximum absolute atomic E-state index is 13.8. The Bertz CT molecular complexity index is 702. The smallest absolute Gasteiger partial charge is 0.310 e. The van der Waals surface area contributed by atoms with Gasteiger partial charge in [-0.15, -0.1) is 6.58 Å². The van der Waals surface area contributed by atoms with E-state index in [1.165, 1.54) is 4.90 Å². The van der Waals surface area contributed by atoms with E-state index in [-0.39, 0.29) is 29.9 Å². The summed E-state index contributed by atoms with van der Waals surface area (Å²) in [6.07, 6.45) is 3.04. The van der Waals surface area contributed by atoms with Gasteiger partial charge in [0, 0.05) is 24.0 Å². The summed E-state index contributed by atoms with van der Waals surface area (Å²) < 4.78 is 6.17. The lowest BCUT2D eigenvalue weighted by Gasteiger charge is -2.38. The molecule has 3 saturated heterocycles. The molecule has 0 aliphatic carbocycles. The van der Waals surface area contributed by atoms with Crippen LogP contribution in [0.5, 0.6) is 0 Å². The van der Waals surface area contributed by atoms with E-state index in [1.807, 2.05) is 13.8 Å². The predicted octanol–water partition coefficient (Wildman–Crippen LogP) is 1.01. The average Bonchev–Trinajstić information content (AvgIpc) is 3.24. The first-order valence-electron chi connectivity index (χ1n) is 10.1. The third kappa shape index (κ3) is 3.31. The number of carboxylic acid groups (broad SMARTS) is 1. The number of nitrogens with zero attached hydrogens (tertiary/aromatic N) is 2. The lowest BCUT2D eigenvalue weighted by atomic mass is 9.70. The molecular weight excluding hydrogens is 444 g/mol. The molecule has 3 rings (SSSR count). The Morgan fingerprint density at radius 3 is 2.76 bits per heavy atom. The van der Waals surface area contributed by atoms with Crippen LogP contribution in [0.4, 0.5) is 0 Å². The highest BCUT2D eigenvalue weighted by atomic mass is 79.9. The van der Waals surface area contributed by atoms with E-state index in [4.69, 9.17) is 4.74 Å². The Morgan fingerprint density at radius 1 is 1.52 bits per heavy atom. The number of carbonyl (C=O) groups excluding carboxylic acids is 2. The molecule has 162 valence electrons. The van der Waals surface area contributed by atoms with E-state index >= 15 is 0 Å². The average molecular weight is 473 g/mol. The third-order valence-corrected chi connectivity index (χ3v) is 7.34. The van der Waals surface area contributed by atoms with E-state index < -0.39 is 41.5 Å². The molecular formula is C20H29BrN2O6. The minimum atomic E-state index is -1.20. The summed E-state index contributed by atoms with van der Waals surface area (Å²) in [5.74, 6) is -3.74. The Balaban J connectivity index is 2.05. The minimum absolute atomic E-state index is 0.0368. The second kappa shape index (κ2) is 8.35. The van der Waals surface area contributed by atoms with Gasteiger partial charge in [0.15, 0.2) is 0 Å². The number of carboxylic acids is 1. The van der Waals surface area contributed by atoms with Crippen LogP contribution in [0.1, 0.15) is 33.1 Å². The van der Waals surface area contributed by atoms with Crippen LogP contribution in [-0.4, -0.2) is 86.1 Å². The van der Waals surface area contributed by atoms with Gasteiger partial charge in [0.25, 0.3) is 0 Å². The summed E-state index contributed by atoms with van der Waals surface area (Å²) in [5, 5.41) is 19.3. The molecule has 2 amide bonds. The van der Waals surface area contributed by atoms with E-state index in [2.05, 4.69) is 22.5 Å². The molecule has 29 heavy (non-hydrogen) atoms. The van der Waals surface area contributed by atoms with Gasteiger partial charge in [0.05, 0.1) is 24.5 Å². The highest BCUT2D eigenvalue weighted by molar-refractivity contribution is 9.09. The molecule has 0 saturated carbocycles. The number of carbonyl (C=O) groups is 3. The molecule has 0 aromatic heterocycles. The number of fused-ring (bicyclic) bond motifs is 1. The number of aliphatic carboxylic acids is 1. The number of aliphatic hydroxyl groups excluding tert-OH is 1. The Labute approximate surface area is 179 Å². The molecule has 3 aliphatic rings. The van der Waals surface area contributed by atoms with Crippen LogP contribution < -0.4 is 0 Å². The van der Waals surface area contributed by atoms with E-state index in [0.717, 1.165) is 12.8 Å². The van der Waals surface area contributed by atoms with Gasteiger partial charge in [0.1, 0.15) is 11.6 Å². The number of aliphatic hydroxyl groups is 1. The lowest BCUT2D eigenvalue weighted by Crippen LogP contribution is -2.58. The van der Waals surface area contributed by atoms with Gasteiger partial charge in [-0.05, 0) is 19.8 Å². The van der Waals surface area contributed by atoms with Crippen molar-refractivity contribution in [2.75, 3.05) is 19.7 Å². The monoisotopic (exact) mass is 472 g/mol. The standard InChI is InChI=1S/C20H29BrN2O6/c1-4-6-11(3)22(7-5-2)18(26)16-20-10-12(21)15(29-20)13(19(27)28)14(20)17(25)23(16)8-9-24/h5,11-16,24H,2,4,6-10H2,1,3H3,(H,27,28)/t11?,12?,13-,14+,15-,16-,20+/m0/s1. The molecule has 0 aromatic rings. The summed E-state index contributed by atoms with van der Waals surface area (Å²) >= 11 is 3.50. The molecule has 3 aliphatic heterocycles. The molecule has 2 N–H and O–H groups in total. The van der Waals surface area contributed by atoms with Gasteiger partial charge < -0.3 is 24.7 Å². The van der Waals surface area contributed by atoms with Gasteiger partial charge in [-0.25, -0.2) is 0 Å². The minimum Gasteiger partial charge on any atom is -0.481 e. The van der Waals surface area contributed by atoms with Gasteiger partial charge in [0.2, 0.25) is 11.8 Å². The van der Waals surface area contributed by atoms with Crippen LogP contribution in [0.2, 0.25) is 0 Å². The SMILES string of the molecule is C=CCN(C(=O)[C@@H]1N(CCO)C(=O)[C@H]2[C@H](C(=O)O)[C@H]3O[C@@]12CC3Br)C(C)CCC. The highest BCUT2D eigenvalue weighted by Gasteiger charge is 2.76. The van der Waals surface area contributed by atoms with Crippen molar-refractivity contribution in [2.45, 2.75) is 61.7 Å². The zero-order valence-corrected chi connectivity index (χ0v) is 18.4. The lowest BCUT2D eigenvalue weighted by molar-refractivity contribution is -0.151. The van der Waals surface area contributed by atoms with Crippen LogP contribution in [0.3, 0.4) is 0 Å². The van der Waals surface area contributed by atoms with Crippen LogP contribution in [0.15, 0.2) is 12.7 Å². The summed E-state index contributed by atoms with van der Waals surface area (Å²) in [6.45, 7) is 7.71. The number of β-amino-alcohol motifs (C(OH)–C–C–N with tert-alkyl or cyclic N) is 1. The number of hydrogen-bond donors (Lipinski definition) is 2. The highest BCUT2D eigenvalue weighted by Crippen LogP contribution is 2.60. The Kier molecular flexibility index (Phi) is 6.41. The topological polar surface area (TPSA) is 107 Å². The first kappa shape index (κ1) is 22.2. The number of halogens is 1. The molecule has 0 aromatic carbocycles. The molecule has 9 heteroatoms. The van der Waals surface area contributed by atoms with E-state index in [0.29, 0.717) is 13.0 Å². The van der Waals surface area contributed by atoms with Crippen molar-refractivity contribution in [1.82, 2.24) is 9.80 Å².